The lowest BCUT2D eigenvalue weighted by Crippen LogP contribution is -2.25. The van der Waals surface area contributed by atoms with Gasteiger partial charge >= 0.3 is 0 Å². The molecule has 0 amide bonds. The summed E-state index contributed by atoms with van der Waals surface area (Å²) in [7, 11) is 0. The Morgan fingerprint density at radius 1 is 1.38 bits per heavy atom. The predicted octanol–water partition coefficient (Wildman–Crippen LogP) is 1.03. The molecule has 1 unspecified atom stereocenters. The monoisotopic (exact) mass is 280 g/mol. The topological polar surface area (TPSA) is 92.5 Å². The van der Waals surface area contributed by atoms with Crippen LogP contribution in [0.25, 0.3) is 11.3 Å². The second kappa shape index (κ2) is 4.30. The van der Waals surface area contributed by atoms with Gasteiger partial charge in [-0.15, -0.1) is 0 Å². The Balaban J connectivity index is 1.77. The van der Waals surface area contributed by atoms with E-state index in [1.165, 1.54) is 12.1 Å². The van der Waals surface area contributed by atoms with E-state index in [2.05, 4.69) is 32.2 Å². The average Bonchev–Trinajstić information content (AvgIpc) is 3.19. The van der Waals surface area contributed by atoms with Crippen LogP contribution in [-0.2, 0) is 12.0 Å². The number of hydrogen-bond acceptors (Lipinski definition) is 5. The molecule has 21 heavy (non-hydrogen) atoms. The largest absolute Gasteiger partial charge is 0.383 e. The zero-order chi connectivity index (χ0) is 14.4. The Bertz CT molecular complexity index is 748. The third-order valence-corrected chi connectivity index (χ3v) is 4.70. The van der Waals surface area contributed by atoms with Gasteiger partial charge in [0.2, 0.25) is 0 Å². The van der Waals surface area contributed by atoms with Crippen molar-refractivity contribution in [1.82, 2.24) is 20.1 Å². The molecular formula is C15H16N6. The van der Waals surface area contributed by atoms with E-state index in [0.717, 1.165) is 37.3 Å². The highest BCUT2D eigenvalue weighted by Crippen LogP contribution is 2.41. The fourth-order valence-electron chi connectivity index (χ4n) is 3.48. The highest BCUT2D eigenvalue weighted by Gasteiger charge is 2.42. The van der Waals surface area contributed by atoms with Crippen LogP contribution >= 0.6 is 0 Å². The van der Waals surface area contributed by atoms with Crippen molar-refractivity contribution in [2.75, 3.05) is 18.8 Å². The quantitative estimate of drug-likeness (QED) is 0.814. The molecule has 1 saturated heterocycles. The maximum absolute atomic E-state index is 9.07. The van der Waals surface area contributed by atoms with Gasteiger partial charge in [0.15, 0.2) is 0 Å². The SMILES string of the molecule is N#Cc1cc(-c2cc3n(n2)CCC32CCNC2)cnc1N. The molecule has 2 aliphatic rings. The maximum atomic E-state index is 9.07. The number of anilines is 1. The summed E-state index contributed by atoms with van der Waals surface area (Å²) in [5, 5.41) is 17.2. The van der Waals surface area contributed by atoms with Gasteiger partial charge in [0.05, 0.1) is 11.3 Å². The summed E-state index contributed by atoms with van der Waals surface area (Å²) in [6.07, 6.45) is 4.02. The van der Waals surface area contributed by atoms with Gasteiger partial charge in [-0.05, 0) is 31.5 Å². The first-order chi connectivity index (χ1) is 10.2. The number of nitrogen functional groups attached to an aromatic ring is 1. The third-order valence-electron chi connectivity index (χ3n) is 4.70. The minimum Gasteiger partial charge on any atom is -0.383 e. The van der Waals surface area contributed by atoms with Gasteiger partial charge in [0.1, 0.15) is 11.9 Å². The number of nitrogens with two attached hydrogens (primary N) is 1. The maximum Gasteiger partial charge on any atom is 0.141 e. The van der Waals surface area contributed by atoms with Crippen LogP contribution in [0.2, 0.25) is 0 Å². The Hall–Kier alpha value is -2.39. The zero-order valence-corrected chi connectivity index (χ0v) is 11.6. The fourth-order valence-corrected chi connectivity index (χ4v) is 3.48. The van der Waals surface area contributed by atoms with E-state index in [4.69, 9.17) is 11.0 Å². The van der Waals surface area contributed by atoms with E-state index in [-0.39, 0.29) is 11.2 Å². The molecule has 2 aliphatic heterocycles. The molecule has 1 spiro atoms. The first kappa shape index (κ1) is 12.4. The zero-order valence-electron chi connectivity index (χ0n) is 11.6. The number of nitrogens with one attached hydrogen (secondary N) is 1. The Labute approximate surface area is 122 Å². The van der Waals surface area contributed by atoms with Crippen LogP contribution < -0.4 is 11.1 Å². The van der Waals surface area contributed by atoms with E-state index in [1.54, 1.807) is 12.3 Å². The molecule has 4 rings (SSSR count). The summed E-state index contributed by atoms with van der Waals surface area (Å²) in [4.78, 5) is 4.09. The number of nitrogens with zero attached hydrogens (tertiary/aromatic N) is 4. The van der Waals surface area contributed by atoms with Crippen molar-refractivity contribution < 1.29 is 0 Å². The number of aromatic nitrogens is 3. The van der Waals surface area contributed by atoms with Crippen molar-refractivity contribution in [1.29, 1.82) is 5.26 Å². The Morgan fingerprint density at radius 2 is 2.29 bits per heavy atom. The second-order valence-electron chi connectivity index (χ2n) is 5.86. The second-order valence-corrected chi connectivity index (χ2v) is 5.86. The van der Waals surface area contributed by atoms with E-state index < -0.39 is 0 Å². The van der Waals surface area contributed by atoms with Crippen LogP contribution in [0, 0.1) is 11.3 Å². The van der Waals surface area contributed by atoms with Crippen molar-refractivity contribution in [3.63, 3.8) is 0 Å². The lowest BCUT2D eigenvalue weighted by Gasteiger charge is -2.20. The molecule has 3 N–H and O–H groups in total. The summed E-state index contributed by atoms with van der Waals surface area (Å²) < 4.78 is 2.10. The summed E-state index contributed by atoms with van der Waals surface area (Å²) in [5.41, 5.74) is 9.35. The smallest absolute Gasteiger partial charge is 0.141 e. The number of nitriles is 1. The number of hydrogen-bond donors (Lipinski definition) is 2. The molecule has 1 fully saturated rings. The number of aryl methyl sites for hydroxylation is 1. The minimum atomic E-state index is 0.241. The highest BCUT2D eigenvalue weighted by atomic mass is 15.3. The molecule has 2 aromatic heterocycles. The van der Waals surface area contributed by atoms with E-state index >= 15 is 0 Å². The molecule has 0 aromatic carbocycles. The fraction of sp³-hybridized carbons (Fsp3) is 0.400. The van der Waals surface area contributed by atoms with Crippen molar-refractivity contribution in [2.45, 2.75) is 24.8 Å². The van der Waals surface area contributed by atoms with E-state index in [1.807, 2.05) is 0 Å². The highest BCUT2D eigenvalue weighted by molar-refractivity contribution is 5.64. The third kappa shape index (κ3) is 1.74. The van der Waals surface area contributed by atoms with Crippen molar-refractivity contribution in [3.05, 3.63) is 29.6 Å². The molecule has 4 heterocycles. The molecule has 0 bridgehead atoms. The van der Waals surface area contributed by atoms with Gasteiger partial charge in [-0.3, -0.25) is 4.68 Å². The number of pyridine rings is 1. The van der Waals surface area contributed by atoms with Gasteiger partial charge in [0, 0.05) is 36.0 Å². The summed E-state index contributed by atoms with van der Waals surface area (Å²) in [5.74, 6) is 0.268. The van der Waals surface area contributed by atoms with Crippen LogP contribution in [0.3, 0.4) is 0 Å². The molecule has 0 saturated carbocycles. The summed E-state index contributed by atoms with van der Waals surface area (Å²) in [6.45, 7) is 3.06. The molecule has 6 nitrogen and oxygen atoms in total. The lowest BCUT2D eigenvalue weighted by atomic mass is 9.82. The van der Waals surface area contributed by atoms with Crippen LogP contribution in [0.1, 0.15) is 24.1 Å². The molecular weight excluding hydrogens is 264 g/mol. The summed E-state index contributed by atoms with van der Waals surface area (Å²) in [6, 6.07) is 5.98. The molecule has 106 valence electrons. The van der Waals surface area contributed by atoms with Crippen LogP contribution in [-0.4, -0.2) is 27.9 Å². The van der Waals surface area contributed by atoms with Crippen LogP contribution in [0.4, 0.5) is 5.82 Å². The Morgan fingerprint density at radius 3 is 3.05 bits per heavy atom. The number of fused-ring (bicyclic) bond motifs is 2. The average molecular weight is 280 g/mol. The van der Waals surface area contributed by atoms with Gasteiger partial charge < -0.3 is 11.1 Å². The number of rotatable bonds is 1. The molecule has 0 radical (unpaired) electrons. The van der Waals surface area contributed by atoms with E-state index in [9.17, 15) is 0 Å². The predicted molar refractivity (Wildman–Crippen MR) is 78.4 cm³/mol. The van der Waals surface area contributed by atoms with E-state index in [0.29, 0.717) is 5.56 Å². The molecule has 2 aromatic rings. The molecule has 1 atom stereocenters. The first-order valence-corrected chi connectivity index (χ1v) is 7.17. The Kier molecular flexibility index (Phi) is 2.53. The van der Waals surface area contributed by atoms with Crippen LogP contribution in [0.5, 0.6) is 0 Å². The van der Waals surface area contributed by atoms with Gasteiger partial charge in [-0.2, -0.15) is 10.4 Å². The van der Waals surface area contributed by atoms with Crippen molar-refractivity contribution >= 4 is 5.82 Å². The van der Waals surface area contributed by atoms with Crippen molar-refractivity contribution in [3.8, 4) is 17.3 Å². The first-order valence-electron chi connectivity index (χ1n) is 7.17. The van der Waals surface area contributed by atoms with Gasteiger partial charge in [-0.1, -0.05) is 0 Å². The van der Waals surface area contributed by atoms with Gasteiger partial charge in [0.25, 0.3) is 0 Å². The van der Waals surface area contributed by atoms with Crippen LogP contribution in [0.15, 0.2) is 18.3 Å². The summed E-state index contributed by atoms with van der Waals surface area (Å²) >= 11 is 0. The normalized spacial score (nSPS) is 23.4. The van der Waals surface area contributed by atoms with Gasteiger partial charge in [-0.25, -0.2) is 4.98 Å². The molecule has 6 heteroatoms. The lowest BCUT2D eigenvalue weighted by molar-refractivity contribution is 0.467. The molecule has 0 aliphatic carbocycles. The standard InChI is InChI=1S/C15H16N6/c16-7-10-5-11(8-19-14(10)17)12-6-13-15(1-3-18-9-15)2-4-21(13)20-12/h5-6,8,18H,1-4,9H2,(H2,17,19). The van der Waals surface area contributed by atoms with Crippen molar-refractivity contribution in [2.24, 2.45) is 0 Å². The minimum absolute atomic E-state index is 0.241.